The largest absolute Gasteiger partial charge is 0.456 e. The molecule has 0 fully saturated rings. The van der Waals surface area contributed by atoms with Crippen molar-refractivity contribution in [1.82, 2.24) is 0 Å². The third kappa shape index (κ3) is 4.15. The van der Waals surface area contributed by atoms with Crippen molar-refractivity contribution >= 4 is 74.2 Å². The molecule has 4 aromatic heterocycles. The molecule has 2 nitrogen and oxygen atoms in total. The third-order valence-electron chi connectivity index (χ3n) is 8.92. The van der Waals surface area contributed by atoms with E-state index in [2.05, 4.69) is 109 Å². The quantitative estimate of drug-likeness (QED) is 0.195. The average Bonchev–Trinajstić information content (AvgIpc) is 3.89. The minimum atomic E-state index is 0.897. The lowest BCUT2D eigenvalue weighted by Crippen LogP contribution is -1.80. The van der Waals surface area contributed by atoms with Crippen molar-refractivity contribution in [3.8, 4) is 44.9 Å². The summed E-state index contributed by atoms with van der Waals surface area (Å²) in [5.74, 6) is 1.80. The number of furan rings is 2. The summed E-state index contributed by atoms with van der Waals surface area (Å²) in [6.45, 7) is 0. The highest BCUT2D eigenvalue weighted by atomic mass is 32.1. The summed E-state index contributed by atoms with van der Waals surface area (Å²) in [5.41, 5.74) is 8.86. The highest BCUT2D eigenvalue weighted by Crippen LogP contribution is 2.46. The second kappa shape index (κ2) is 10.0. The van der Waals surface area contributed by atoms with Crippen molar-refractivity contribution in [3.63, 3.8) is 0 Å². The molecule has 0 aliphatic carbocycles. The number of fused-ring (bicyclic) bond motifs is 7. The van der Waals surface area contributed by atoms with Crippen molar-refractivity contribution in [1.29, 1.82) is 0 Å². The molecular weight excluding hydrogens is 601 g/mol. The van der Waals surface area contributed by atoms with Gasteiger partial charge in [-0.05, 0) is 64.7 Å². The first kappa shape index (κ1) is 25.9. The molecular formula is C42H24O2S2. The van der Waals surface area contributed by atoms with E-state index in [-0.39, 0.29) is 0 Å². The first-order valence-corrected chi connectivity index (χ1v) is 16.9. The van der Waals surface area contributed by atoms with Crippen molar-refractivity contribution in [2.24, 2.45) is 0 Å². The molecule has 0 unspecified atom stereocenters. The molecule has 0 saturated heterocycles. The van der Waals surface area contributed by atoms with Crippen molar-refractivity contribution < 1.29 is 8.83 Å². The van der Waals surface area contributed by atoms with E-state index in [1.165, 1.54) is 51.8 Å². The Morgan fingerprint density at radius 3 is 1.43 bits per heavy atom. The molecule has 0 radical (unpaired) electrons. The number of rotatable bonds is 4. The van der Waals surface area contributed by atoms with Gasteiger partial charge in [0.2, 0.25) is 0 Å². The fraction of sp³-hybridized carbons (Fsp3) is 0. The van der Waals surface area contributed by atoms with Crippen LogP contribution in [-0.4, -0.2) is 0 Å². The Labute approximate surface area is 272 Å². The number of benzene rings is 6. The van der Waals surface area contributed by atoms with Crippen LogP contribution in [-0.2, 0) is 0 Å². The number of hydrogen-bond acceptors (Lipinski definition) is 4. The van der Waals surface area contributed by atoms with Gasteiger partial charge in [0, 0.05) is 42.1 Å². The maximum absolute atomic E-state index is 6.16. The first-order chi connectivity index (χ1) is 22.7. The van der Waals surface area contributed by atoms with Crippen LogP contribution < -0.4 is 0 Å². The summed E-state index contributed by atoms with van der Waals surface area (Å²) >= 11 is 3.79. The van der Waals surface area contributed by atoms with Gasteiger partial charge in [0.15, 0.2) is 0 Å². The van der Waals surface area contributed by atoms with Gasteiger partial charge < -0.3 is 8.83 Å². The molecule has 4 heteroatoms. The summed E-state index contributed by atoms with van der Waals surface area (Å²) in [6, 6.07) is 51.7. The Kier molecular flexibility index (Phi) is 5.65. The maximum atomic E-state index is 6.16. The minimum Gasteiger partial charge on any atom is -0.456 e. The van der Waals surface area contributed by atoms with E-state index in [0.29, 0.717) is 0 Å². The molecule has 6 aromatic carbocycles. The van der Waals surface area contributed by atoms with E-state index in [1.54, 1.807) is 0 Å². The molecule has 4 heterocycles. The number of thiophene rings is 2. The van der Waals surface area contributed by atoms with Crippen molar-refractivity contribution in [2.45, 2.75) is 0 Å². The van der Waals surface area contributed by atoms with Crippen LogP contribution in [0.3, 0.4) is 0 Å². The minimum absolute atomic E-state index is 0.897. The number of hydrogen-bond donors (Lipinski definition) is 0. The Bertz CT molecular complexity index is 2690. The Balaban J connectivity index is 0.975. The Morgan fingerprint density at radius 1 is 0.348 bits per heavy atom. The van der Waals surface area contributed by atoms with Gasteiger partial charge in [-0.15, -0.1) is 22.7 Å². The van der Waals surface area contributed by atoms with Crippen LogP contribution >= 0.6 is 22.7 Å². The molecule has 0 spiro atoms. The molecule has 0 amide bonds. The zero-order chi connectivity index (χ0) is 30.2. The Hall–Kier alpha value is -5.42. The molecule has 10 rings (SSSR count). The lowest BCUT2D eigenvalue weighted by molar-refractivity contribution is 0.631. The first-order valence-electron chi connectivity index (χ1n) is 15.3. The van der Waals surface area contributed by atoms with Gasteiger partial charge in [-0.3, -0.25) is 0 Å². The molecule has 10 aromatic rings. The third-order valence-corrected chi connectivity index (χ3v) is 11.4. The molecule has 0 N–H and O–H groups in total. The van der Waals surface area contributed by atoms with E-state index in [1.807, 2.05) is 59.1 Å². The maximum Gasteiger partial charge on any atom is 0.135 e. The Morgan fingerprint density at radius 2 is 0.826 bits per heavy atom. The van der Waals surface area contributed by atoms with Gasteiger partial charge >= 0.3 is 0 Å². The fourth-order valence-electron chi connectivity index (χ4n) is 6.54. The predicted molar refractivity (Wildman–Crippen MR) is 196 cm³/mol. The fourth-order valence-corrected chi connectivity index (χ4v) is 9.27. The summed E-state index contributed by atoms with van der Waals surface area (Å²) in [5, 5.41) is 4.91. The summed E-state index contributed by atoms with van der Waals surface area (Å²) in [6.07, 6.45) is 0. The van der Waals surface area contributed by atoms with Crippen LogP contribution in [0.5, 0.6) is 0 Å². The van der Waals surface area contributed by atoms with Crippen LogP contribution in [0.1, 0.15) is 0 Å². The van der Waals surface area contributed by atoms with Gasteiger partial charge in [-0.1, -0.05) is 103 Å². The molecule has 0 saturated carbocycles. The monoisotopic (exact) mass is 624 g/mol. The predicted octanol–water partition coefficient (Wildman–Crippen LogP) is 13.4. The van der Waals surface area contributed by atoms with E-state index in [4.69, 9.17) is 8.83 Å². The SMILES string of the molecule is c1cc(-c2ccc3c(c2)sc2c4ccc(-c5ccc(-c6cc7ccccc7o6)cc5)cc4sc32)cc(-c2cc3ccccc3o2)c1. The molecule has 0 atom stereocenters. The van der Waals surface area contributed by atoms with E-state index in [9.17, 15) is 0 Å². The van der Waals surface area contributed by atoms with Crippen LogP contribution in [0.2, 0.25) is 0 Å². The van der Waals surface area contributed by atoms with Crippen LogP contribution in [0.25, 0.3) is 96.4 Å². The number of para-hydroxylation sites is 2. The average molecular weight is 625 g/mol. The van der Waals surface area contributed by atoms with Crippen molar-refractivity contribution in [2.75, 3.05) is 0 Å². The van der Waals surface area contributed by atoms with Gasteiger partial charge in [0.05, 0.1) is 9.40 Å². The highest BCUT2D eigenvalue weighted by molar-refractivity contribution is 7.36. The van der Waals surface area contributed by atoms with Crippen molar-refractivity contribution in [3.05, 3.63) is 146 Å². The van der Waals surface area contributed by atoms with E-state index in [0.717, 1.165) is 44.6 Å². The normalized spacial score (nSPS) is 11.9. The lowest BCUT2D eigenvalue weighted by atomic mass is 10.0. The van der Waals surface area contributed by atoms with E-state index >= 15 is 0 Å². The standard InChI is InChI=1S/C42H24O2S2/c1-3-10-35-31(6-1)21-37(43-35)26-14-12-25(13-15-26)28-16-18-33-39(23-28)45-42-34-19-17-29(24-40(34)46-41(33)42)27-8-5-9-30(20-27)38-22-32-7-2-4-11-36(32)44-38/h1-24H. The summed E-state index contributed by atoms with van der Waals surface area (Å²) in [7, 11) is 0. The lowest BCUT2D eigenvalue weighted by Gasteiger charge is -2.05. The molecule has 0 aliphatic heterocycles. The smallest absolute Gasteiger partial charge is 0.135 e. The molecule has 46 heavy (non-hydrogen) atoms. The second-order valence-corrected chi connectivity index (χ2v) is 13.8. The zero-order valence-corrected chi connectivity index (χ0v) is 26.1. The van der Waals surface area contributed by atoms with Crippen LogP contribution in [0.4, 0.5) is 0 Å². The van der Waals surface area contributed by atoms with Gasteiger partial charge in [0.25, 0.3) is 0 Å². The molecule has 0 bridgehead atoms. The summed E-state index contributed by atoms with van der Waals surface area (Å²) < 4.78 is 17.6. The second-order valence-electron chi connectivity index (χ2n) is 11.7. The highest BCUT2D eigenvalue weighted by Gasteiger charge is 2.15. The van der Waals surface area contributed by atoms with Gasteiger partial charge in [-0.2, -0.15) is 0 Å². The van der Waals surface area contributed by atoms with Crippen LogP contribution in [0, 0.1) is 0 Å². The molecule has 216 valence electrons. The van der Waals surface area contributed by atoms with E-state index < -0.39 is 0 Å². The molecule has 0 aliphatic rings. The van der Waals surface area contributed by atoms with Gasteiger partial charge in [0.1, 0.15) is 22.7 Å². The summed E-state index contributed by atoms with van der Waals surface area (Å²) in [4.78, 5) is 0. The zero-order valence-electron chi connectivity index (χ0n) is 24.5. The topological polar surface area (TPSA) is 26.3 Å². The van der Waals surface area contributed by atoms with Crippen LogP contribution in [0.15, 0.2) is 154 Å². The van der Waals surface area contributed by atoms with Gasteiger partial charge in [-0.25, -0.2) is 0 Å².